The van der Waals surface area contributed by atoms with E-state index in [0.717, 1.165) is 11.0 Å². The fraction of sp³-hybridized carbons (Fsp3) is 0.882. The molecule has 2 N–H and O–H groups in total. The molecular weight excluding hydrogens is 342 g/mol. The molecule has 0 rings (SSSR count). The molecule has 0 saturated carbocycles. The highest BCUT2D eigenvalue weighted by molar-refractivity contribution is 5.65. The Kier molecular flexibility index (Phi) is 14.7. The van der Waals surface area contributed by atoms with Gasteiger partial charge in [0.15, 0.2) is 0 Å². The van der Waals surface area contributed by atoms with Crippen LogP contribution in [0.4, 0.5) is 0 Å². The maximum absolute atomic E-state index is 10.0. The first-order valence-electron chi connectivity index (χ1n) is 8.39. The molecule has 0 bridgehead atoms. The molecule has 0 spiro atoms. The van der Waals surface area contributed by atoms with Gasteiger partial charge < -0.3 is 43.5 Å². The lowest BCUT2D eigenvalue weighted by Gasteiger charge is -2.26. The summed E-state index contributed by atoms with van der Waals surface area (Å²) in [4.78, 5) is 19.9. The zero-order valence-electron chi connectivity index (χ0n) is 18.0. The van der Waals surface area contributed by atoms with Gasteiger partial charge >= 0.3 is 0 Å². The summed E-state index contributed by atoms with van der Waals surface area (Å²) in [6.45, 7) is 1.61. The molecule has 0 aliphatic heterocycles. The van der Waals surface area contributed by atoms with Crippen LogP contribution >= 0.6 is 0 Å². The minimum Gasteiger partial charge on any atom is -0.550 e. The molecule has 0 aromatic rings. The summed E-state index contributed by atoms with van der Waals surface area (Å²) in [7, 11) is 17.2. The first kappa shape index (κ1) is 29.5. The monoisotopic (exact) mass is 382 g/mol. The van der Waals surface area contributed by atoms with Crippen molar-refractivity contribution in [1.82, 2.24) is 0 Å². The predicted octanol–water partition coefficient (Wildman–Crippen LogP) is -3.68. The van der Waals surface area contributed by atoms with Crippen molar-refractivity contribution in [2.75, 3.05) is 89.7 Å². The third kappa shape index (κ3) is 38.4. The minimum atomic E-state index is -1.20. The Balaban J connectivity index is -0.000000315. The molecule has 9 heteroatoms. The van der Waals surface area contributed by atoms with Crippen molar-refractivity contribution in [3.05, 3.63) is 0 Å². The molecule has 26 heavy (non-hydrogen) atoms. The third-order valence-electron chi connectivity index (χ3n) is 2.54. The van der Waals surface area contributed by atoms with Crippen molar-refractivity contribution in [2.45, 2.75) is 12.5 Å². The average Bonchev–Trinajstić information content (AvgIpc) is 2.19. The van der Waals surface area contributed by atoms with E-state index in [4.69, 9.17) is 10.2 Å². The Morgan fingerprint density at radius 2 is 1.23 bits per heavy atom. The van der Waals surface area contributed by atoms with Gasteiger partial charge in [-0.15, -0.1) is 0 Å². The van der Waals surface area contributed by atoms with Crippen molar-refractivity contribution < 1.29 is 43.5 Å². The summed E-state index contributed by atoms with van der Waals surface area (Å²) in [6, 6.07) is 0. The number of hydrogen-bond donors (Lipinski definition) is 2. The normalized spacial score (nSPS) is 12.9. The van der Waals surface area contributed by atoms with E-state index in [-0.39, 0.29) is 19.6 Å². The van der Waals surface area contributed by atoms with Crippen LogP contribution in [0.25, 0.3) is 0 Å². The van der Waals surface area contributed by atoms with Crippen LogP contribution in [0.1, 0.15) is 6.42 Å². The molecule has 0 aromatic carbocycles. The first-order chi connectivity index (χ1) is 11.3. The zero-order chi connectivity index (χ0) is 21.8. The molecule has 0 aliphatic carbocycles. The topological polar surface area (TPSA) is 121 Å². The maximum atomic E-state index is 10.0. The van der Waals surface area contributed by atoms with Crippen LogP contribution in [0, 0.1) is 0 Å². The number of quaternary nitrogens is 3. The van der Waals surface area contributed by atoms with Crippen LogP contribution < -0.4 is 10.2 Å². The van der Waals surface area contributed by atoms with Crippen molar-refractivity contribution in [3.8, 4) is 0 Å². The van der Waals surface area contributed by atoms with Crippen molar-refractivity contribution in [2.24, 2.45) is 0 Å². The van der Waals surface area contributed by atoms with Crippen LogP contribution in [0.2, 0.25) is 0 Å². The molecule has 158 valence electrons. The summed E-state index contributed by atoms with van der Waals surface area (Å²) in [6.07, 6.45) is -1.09. The number of nitrogens with zero attached hydrogens (tertiary/aromatic N) is 3. The Bertz CT molecular complexity index is 395. The number of carboxylic acid groups (broad SMARTS) is 2. The van der Waals surface area contributed by atoms with Gasteiger partial charge in [-0.25, -0.2) is 0 Å². The van der Waals surface area contributed by atoms with Crippen molar-refractivity contribution >= 4 is 11.9 Å². The lowest BCUT2D eigenvalue weighted by molar-refractivity contribution is -0.873. The fourth-order valence-corrected chi connectivity index (χ4v) is 1.58. The maximum Gasteiger partial charge on any atom is 0.118 e. The largest absolute Gasteiger partial charge is 0.550 e. The molecule has 0 aromatic heterocycles. The van der Waals surface area contributed by atoms with Gasteiger partial charge in [-0.1, -0.05) is 0 Å². The quantitative estimate of drug-likeness (QED) is 0.417. The standard InChI is InChI=1S/C7H15NO3.C5H11NO2.C5H14NO/c1-8(2,3)5-6(9)4-7(10)11;1-6(2,3)4-5(7)8;1-6(2,3)4-5-7/h6,9H,4-5H2,1-3H3;4H2,1-3H3;7H,4-5H2,1-3H3/q;;+1. The molecule has 0 aliphatic rings. The smallest absolute Gasteiger partial charge is 0.118 e. The fourth-order valence-electron chi connectivity index (χ4n) is 1.58. The van der Waals surface area contributed by atoms with E-state index in [0.29, 0.717) is 15.5 Å². The number of aliphatic hydroxyl groups is 2. The van der Waals surface area contributed by atoms with Gasteiger partial charge in [-0.3, -0.25) is 0 Å². The van der Waals surface area contributed by atoms with E-state index in [1.165, 1.54) is 0 Å². The van der Waals surface area contributed by atoms with Gasteiger partial charge in [0.2, 0.25) is 0 Å². The number of carbonyl (C=O) groups excluding carboxylic acids is 2. The van der Waals surface area contributed by atoms with Gasteiger partial charge in [0.1, 0.15) is 25.7 Å². The first-order valence-corrected chi connectivity index (χ1v) is 8.39. The molecule has 1 unspecified atom stereocenters. The zero-order valence-corrected chi connectivity index (χ0v) is 18.0. The summed E-state index contributed by atoms with van der Waals surface area (Å²) >= 11 is 0. The number of carbonyl (C=O) groups is 2. The van der Waals surface area contributed by atoms with Gasteiger partial charge in [0, 0.05) is 12.4 Å². The number of likely N-dealkylation sites (N-methyl/N-ethyl adjacent to an activating group) is 3. The van der Waals surface area contributed by atoms with Gasteiger partial charge in [0.05, 0.1) is 76.0 Å². The van der Waals surface area contributed by atoms with Crippen LogP contribution in [0.5, 0.6) is 0 Å². The summed E-state index contributed by atoms with van der Waals surface area (Å²) in [5.41, 5.74) is 0. The average molecular weight is 383 g/mol. The molecule has 0 radical (unpaired) electrons. The SMILES string of the molecule is C[N+](C)(C)CC(=O)[O-].C[N+](C)(C)CC(O)CC(=O)[O-].C[N+](C)(C)CCO. The van der Waals surface area contributed by atoms with Crippen LogP contribution in [-0.4, -0.2) is 131 Å². The number of hydrogen-bond acceptors (Lipinski definition) is 6. The number of aliphatic carboxylic acids is 2. The molecule has 0 fully saturated rings. The summed E-state index contributed by atoms with van der Waals surface area (Å²) in [5.74, 6) is -2.21. The van der Waals surface area contributed by atoms with E-state index in [1.807, 2.05) is 21.1 Å². The molecular formula is C17H40N3O6+. The number of aliphatic hydroxyl groups excluding tert-OH is 2. The highest BCUT2D eigenvalue weighted by atomic mass is 16.4. The van der Waals surface area contributed by atoms with Crippen molar-refractivity contribution in [3.63, 3.8) is 0 Å². The third-order valence-corrected chi connectivity index (χ3v) is 2.54. The van der Waals surface area contributed by atoms with Gasteiger partial charge in [0.25, 0.3) is 0 Å². The van der Waals surface area contributed by atoms with Crippen LogP contribution in [0.3, 0.4) is 0 Å². The molecule has 0 saturated heterocycles. The lowest BCUT2D eigenvalue weighted by Crippen LogP contribution is -2.45. The lowest BCUT2D eigenvalue weighted by atomic mass is 10.2. The molecule has 0 heterocycles. The van der Waals surface area contributed by atoms with Crippen LogP contribution in [-0.2, 0) is 9.59 Å². The Morgan fingerprint density at radius 1 is 0.808 bits per heavy atom. The minimum absolute atomic E-state index is 0.0694. The van der Waals surface area contributed by atoms with E-state index < -0.39 is 18.0 Å². The van der Waals surface area contributed by atoms with E-state index in [2.05, 4.69) is 21.1 Å². The molecule has 0 amide bonds. The van der Waals surface area contributed by atoms with Crippen LogP contribution in [0.15, 0.2) is 0 Å². The Labute approximate surface area is 158 Å². The number of rotatable bonds is 8. The second kappa shape index (κ2) is 13.0. The Hall–Kier alpha value is -1.26. The highest BCUT2D eigenvalue weighted by Crippen LogP contribution is 1.97. The van der Waals surface area contributed by atoms with Gasteiger partial charge in [-0.05, 0) is 0 Å². The van der Waals surface area contributed by atoms with E-state index in [9.17, 15) is 19.8 Å². The number of carboxylic acids is 2. The molecule has 9 nitrogen and oxygen atoms in total. The summed E-state index contributed by atoms with van der Waals surface area (Å²) < 4.78 is 1.81. The second-order valence-electron chi connectivity index (χ2n) is 9.26. The van der Waals surface area contributed by atoms with Gasteiger partial charge in [-0.2, -0.15) is 0 Å². The Morgan fingerprint density at radius 3 is 1.35 bits per heavy atom. The predicted molar refractivity (Wildman–Crippen MR) is 96.4 cm³/mol. The summed E-state index contributed by atoms with van der Waals surface area (Å²) in [5, 5.41) is 37.4. The highest BCUT2D eigenvalue weighted by Gasteiger charge is 2.14. The van der Waals surface area contributed by atoms with Crippen molar-refractivity contribution in [1.29, 1.82) is 0 Å². The second-order valence-corrected chi connectivity index (χ2v) is 9.26. The molecule has 1 atom stereocenters. The van der Waals surface area contributed by atoms with E-state index in [1.54, 1.807) is 21.1 Å². The van der Waals surface area contributed by atoms with E-state index >= 15 is 0 Å².